The van der Waals surface area contributed by atoms with Gasteiger partial charge in [-0.05, 0) is 12.5 Å². The fourth-order valence-electron chi connectivity index (χ4n) is 2.07. The molecule has 1 aromatic heterocycles. The topological polar surface area (TPSA) is 56.4 Å². The van der Waals surface area contributed by atoms with Crippen molar-refractivity contribution < 1.29 is 9.59 Å². The Kier molecular flexibility index (Phi) is 3.46. The minimum Gasteiger partial charge on any atom is -0.367 e. The average Bonchev–Trinajstić information content (AvgIpc) is 2.71. The Morgan fingerprint density at radius 1 is 1.18 bits per heavy atom. The van der Waals surface area contributed by atoms with E-state index in [-0.39, 0.29) is 11.8 Å². The standard InChI is InChI=1S/C12H17N3O2/c1-10(16)14-5-2-6-15(8-7-14)12(17)11-3-4-13-9-11/h3-4,9,13H,2,5-8H2,1H3. The number of H-pyrrole nitrogens is 1. The monoisotopic (exact) mass is 235 g/mol. The fourth-order valence-corrected chi connectivity index (χ4v) is 2.07. The van der Waals surface area contributed by atoms with Crippen LogP contribution >= 0.6 is 0 Å². The van der Waals surface area contributed by atoms with E-state index in [2.05, 4.69) is 4.98 Å². The SMILES string of the molecule is CC(=O)N1CCCN(C(=O)c2cc[nH]c2)CC1. The minimum atomic E-state index is 0.0386. The van der Waals surface area contributed by atoms with Crippen LogP contribution in [0.25, 0.3) is 0 Å². The summed E-state index contributed by atoms with van der Waals surface area (Å²) in [6.07, 6.45) is 4.29. The smallest absolute Gasteiger partial charge is 0.255 e. The molecule has 1 saturated heterocycles. The summed E-state index contributed by atoms with van der Waals surface area (Å²) < 4.78 is 0. The zero-order valence-corrected chi connectivity index (χ0v) is 9.98. The number of aromatic nitrogens is 1. The van der Waals surface area contributed by atoms with E-state index < -0.39 is 0 Å². The molecular formula is C12H17N3O2. The first-order chi connectivity index (χ1) is 8.18. The number of aromatic amines is 1. The van der Waals surface area contributed by atoms with Crippen LogP contribution in [0.1, 0.15) is 23.7 Å². The number of nitrogens with zero attached hydrogens (tertiary/aromatic N) is 2. The van der Waals surface area contributed by atoms with Crippen molar-refractivity contribution in [3.8, 4) is 0 Å². The summed E-state index contributed by atoms with van der Waals surface area (Å²) in [7, 11) is 0. The van der Waals surface area contributed by atoms with Crippen molar-refractivity contribution in [2.45, 2.75) is 13.3 Å². The lowest BCUT2D eigenvalue weighted by Gasteiger charge is -2.20. The molecular weight excluding hydrogens is 218 g/mol. The highest BCUT2D eigenvalue weighted by Gasteiger charge is 2.21. The molecule has 2 heterocycles. The normalized spacial score (nSPS) is 16.8. The van der Waals surface area contributed by atoms with Gasteiger partial charge in [0.1, 0.15) is 0 Å². The predicted molar refractivity (Wildman–Crippen MR) is 63.6 cm³/mol. The Morgan fingerprint density at radius 2 is 1.88 bits per heavy atom. The second kappa shape index (κ2) is 5.03. The lowest BCUT2D eigenvalue weighted by molar-refractivity contribution is -0.128. The van der Waals surface area contributed by atoms with Gasteiger partial charge in [-0.3, -0.25) is 9.59 Å². The van der Waals surface area contributed by atoms with E-state index in [1.807, 2.05) is 4.90 Å². The minimum absolute atomic E-state index is 0.0386. The van der Waals surface area contributed by atoms with Crippen molar-refractivity contribution in [1.29, 1.82) is 0 Å². The molecule has 1 aromatic rings. The van der Waals surface area contributed by atoms with Crippen LogP contribution in [0.3, 0.4) is 0 Å². The summed E-state index contributed by atoms with van der Waals surface area (Å²) in [5.74, 6) is 0.123. The van der Waals surface area contributed by atoms with E-state index >= 15 is 0 Å². The maximum absolute atomic E-state index is 12.1. The van der Waals surface area contributed by atoms with Crippen molar-refractivity contribution in [2.24, 2.45) is 0 Å². The number of carbonyl (C=O) groups is 2. The van der Waals surface area contributed by atoms with Crippen LogP contribution in [0.2, 0.25) is 0 Å². The van der Waals surface area contributed by atoms with Crippen LogP contribution in [0.5, 0.6) is 0 Å². The summed E-state index contributed by atoms with van der Waals surface area (Å²) in [6.45, 7) is 4.28. The van der Waals surface area contributed by atoms with Gasteiger partial charge in [0.25, 0.3) is 5.91 Å². The predicted octanol–water partition coefficient (Wildman–Crippen LogP) is 0.709. The number of hydrogen-bond donors (Lipinski definition) is 1. The maximum Gasteiger partial charge on any atom is 0.255 e. The molecule has 0 aromatic carbocycles. The quantitative estimate of drug-likeness (QED) is 0.779. The molecule has 92 valence electrons. The highest BCUT2D eigenvalue weighted by Crippen LogP contribution is 2.08. The van der Waals surface area contributed by atoms with E-state index in [0.717, 1.165) is 13.0 Å². The molecule has 0 radical (unpaired) electrons. The molecule has 0 unspecified atom stereocenters. The third kappa shape index (κ3) is 2.67. The van der Waals surface area contributed by atoms with Crippen LogP contribution in [0, 0.1) is 0 Å². The molecule has 1 N–H and O–H groups in total. The molecule has 2 amide bonds. The molecule has 1 aliphatic heterocycles. The third-order valence-corrected chi connectivity index (χ3v) is 3.07. The molecule has 5 nitrogen and oxygen atoms in total. The number of rotatable bonds is 1. The summed E-state index contributed by atoms with van der Waals surface area (Å²) in [5, 5.41) is 0. The number of nitrogens with one attached hydrogen (secondary N) is 1. The second-order valence-electron chi connectivity index (χ2n) is 4.25. The zero-order chi connectivity index (χ0) is 12.3. The van der Waals surface area contributed by atoms with Gasteiger partial charge in [-0.15, -0.1) is 0 Å². The van der Waals surface area contributed by atoms with Gasteiger partial charge >= 0.3 is 0 Å². The molecule has 17 heavy (non-hydrogen) atoms. The Morgan fingerprint density at radius 3 is 2.53 bits per heavy atom. The van der Waals surface area contributed by atoms with Crippen molar-refractivity contribution in [3.05, 3.63) is 24.0 Å². The Balaban J connectivity index is 1.99. The number of carbonyl (C=O) groups excluding carboxylic acids is 2. The number of hydrogen-bond acceptors (Lipinski definition) is 2. The Labute approximate surface area is 100 Å². The Bertz CT molecular complexity index is 400. The van der Waals surface area contributed by atoms with E-state index in [1.54, 1.807) is 30.3 Å². The van der Waals surface area contributed by atoms with Crippen molar-refractivity contribution in [2.75, 3.05) is 26.2 Å². The van der Waals surface area contributed by atoms with Gasteiger partial charge in [-0.25, -0.2) is 0 Å². The molecule has 0 aliphatic carbocycles. The fraction of sp³-hybridized carbons (Fsp3) is 0.500. The highest BCUT2D eigenvalue weighted by atomic mass is 16.2. The van der Waals surface area contributed by atoms with E-state index in [1.165, 1.54) is 0 Å². The second-order valence-corrected chi connectivity index (χ2v) is 4.25. The summed E-state index contributed by atoms with van der Waals surface area (Å²) in [6, 6.07) is 1.77. The van der Waals surface area contributed by atoms with Crippen molar-refractivity contribution in [1.82, 2.24) is 14.8 Å². The molecule has 0 saturated carbocycles. The summed E-state index contributed by atoms with van der Waals surface area (Å²) >= 11 is 0. The van der Waals surface area contributed by atoms with E-state index in [4.69, 9.17) is 0 Å². The van der Waals surface area contributed by atoms with Gasteiger partial charge in [-0.2, -0.15) is 0 Å². The average molecular weight is 235 g/mol. The van der Waals surface area contributed by atoms with Crippen molar-refractivity contribution in [3.63, 3.8) is 0 Å². The molecule has 2 rings (SSSR count). The summed E-state index contributed by atoms with van der Waals surface area (Å²) in [5.41, 5.74) is 0.682. The van der Waals surface area contributed by atoms with Gasteiger partial charge in [0.15, 0.2) is 0 Å². The first-order valence-electron chi connectivity index (χ1n) is 5.86. The Hall–Kier alpha value is -1.78. The van der Waals surface area contributed by atoms with Crippen LogP contribution in [0.15, 0.2) is 18.5 Å². The van der Waals surface area contributed by atoms with E-state index in [9.17, 15) is 9.59 Å². The summed E-state index contributed by atoms with van der Waals surface area (Å²) in [4.78, 5) is 29.9. The van der Waals surface area contributed by atoms with Gasteiger partial charge in [0, 0.05) is 45.5 Å². The number of amides is 2. The van der Waals surface area contributed by atoms with Crippen molar-refractivity contribution >= 4 is 11.8 Å². The first kappa shape index (κ1) is 11.7. The van der Waals surface area contributed by atoms with Gasteiger partial charge in [0.2, 0.25) is 5.91 Å². The van der Waals surface area contributed by atoms with Gasteiger partial charge in [-0.1, -0.05) is 0 Å². The molecule has 5 heteroatoms. The van der Waals surface area contributed by atoms with Crippen LogP contribution in [-0.4, -0.2) is 52.8 Å². The third-order valence-electron chi connectivity index (χ3n) is 3.07. The lowest BCUT2D eigenvalue weighted by Crippen LogP contribution is -2.36. The van der Waals surface area contributed by atoms with E-state index in [0.29, 0.717) is 25.2 Å². The highest BCUT2D eigenvalue weighted by molar-refractivity contribution is 5.94. The van der Waals surface area contributed by atoms with Crippen LogP contribution in [-0.2, 0) is 4.79 Å². The molecule has 0 atom stereocenters. The van der Waals surface area contributed by atoms with Crippen LogP contribution in [0.4, 0.5) is 0 Å². The maximum atomic E-state index is 12.1. The largest absolute Gasteiger partial charge is 0.367 e. The molecule has 0 bridgehead atoms. The van der Waals surface area contributed by atoms with Gasteiger partial charge in [0.05, 0.1) is 5.56 Å². The molecule has 1 aliphatic rings. The lowest BCUT2D eigenvalue weighted by atomic mass is 10.3. The first-order valence-corrected chi connectivity index (χ1v) is 5.86. The van der Waals surface area contributed by atoms with Crippen LogP contribution < -0.4 is 0 Å². The van der Waals surface area contributed by atoms with Gasteiger partial charge < -0.3 is 14.8 Å². The molecule has 1 fully saturated rings. The zero-order valence-electron chi connectivity index (χ0n) is 9.98. The molecule has 0 spiro atoms.